The first-order valence-corrected chi connectivity index (χ1v) is 5.68. The van der Waals surface area contributed by atoms with E-state index in [1.54, 1.807) is 0 Å². The van der Waals surface area contributed by atoms with Crippen LogP contribution in [0.1, 0.15) is 41.0 Å². The minimum atomic E-state index is 0.267. The molecule has 0 spiro atoms. The lowest BCUT2D eigenvalue weighted by molar-refractivity contribution is -0.104. The average molecular weight is 206 g/mol. The van der Waals surface area contributed by atoms with Crippen molar-refractivity contribution in [2.75, 3.05) is 0 Å². The van der Waals surface area contributed by atoms with Crippen LogP contribution in [0.4, 0.5) is 0 Å². The Kier molecular flexibility index (Phi) is 3.54. The first-order valence-electron chi connectivity index (χ1n) is 5.68. The number of aldehydes is 1. The van der Waals surface area contributed by atoms with Gasteiger partial charge in [0.25, 0.3) is 0 Å². The van der Waals surface area contributed by atoms with E-state index < -0.39 is 0 Å². The van der Waals surface area contributed by atoms with Crippen LogP contribution >= 0.6 is 0 Å². The number of hydrogen-bond donors (Lipinski definition) is 0. The van der Waals surface area contributed by atoms with Crippen molar-refractivity contribution < 1.29 is 4.79 Å². The zero-order valence-electron chi connectivity index (χ0n) is 10.5. The second-order valence-electron chi connectivity index (χ2n) is 5.51. The molecule has 2 unspecified atom stereocenters. The van der Waals surface area contributed by atoms with E-state index in [0.29, 0.717) is 11.8 Å². The fraction of sp³-hybridized carbons (Fsp3) is 0.643. The van der Waals surface area contributed by atoms with E-state index in [1.165, 1.54) is 5.57 Å². The van der Waals surface area contributed by atoms with Crippen molar-refractivity contribution in [2.24, 2.45) is 17.3 Å². The minimum absolute atomic E-state index is 0.267. The maximum Gasteiger partial charge on any atom is 0.145 e. The number of rotatable bonds is 3. The summed E-state index contributed by atoms with van der Waals surface area (Å²) in [5.74, 6) is 1.10. The van der Waals surface area contributed by atoms with E-state index >= 15 is 0 Å². The highest BCUT2D eigenvalue weighted by Crippen LogP contribution is 2.45. The summed E-state index contributed by atoms with van der Waals surface area (Å²) in [5.41, 5.74) is 2.60. The molecule has 0 amide bonds. The third-order valence-corrected chi connectivity index (χ3v) is 3.46. The summed E-state index contributed by atoms with van der Waals surface area (Å²) in [6, 6.07) is 0. The van der Waals surface area contributed by atoms with E-state index in [0.717, 1.165) is 18.3 Å². The number of carbonyl (C=O) groups excluding carboxylic acids is 1. The molecule has 0 bridgehead atoms. The molecule has 0 saturated heterocycles. The van der Waals surface area contributed by atoms with E-state index in [-0.39, 0.29) is 5.41 Å². The molecule has 2 atom stereocenters. The molecule has 0 aromatic carbocycles. The maximum atomic E-state index is 10.6. The van der Waals surface area contributed by atoms with Crippen LogP contribution in [0, 0.1) is 17.3 Å². The lowest BCUT2D eigenvalue weighted by atomic mass is 9.74. The van der Waals surface area contributed by atoms with Crippen LogP contribution in [-0.4, -0.2) is 6.29 Å². The molecule has 84 valence electrons. The van der Waals surface area contributed by atoms with E-state index in [2.05, 4.69) is 39.8 Å². The quantitative estimate of drug-likeness (QED) is 0.390. The molecule has 1 aliphatic carbocycles. The summed E-state index contributed by atoms with van der Waals surface area (Å²) in [6.07, 6.45) is 6.58. The smallest absolute Gasteiger partial charge is 0.145 e. The van der Waals surface area contributed by atoms with Crippen molar-refractivity contribution in [1.29, 1.82) is 0 Å². The summed E-state index contributed by atoms with van der Waals surface area (Å²) >= 11 is 0. The molecule has 0 aliphatic heterocycles. The van der Waals surface area contributed by atoms with E-state index in [1.807, 2.05) is 6.92 Å². The molecule has 1 aliphatic rings. The Morgan fingerprint density at radius 2 is 2.20 bits per heavy atom. The molecule has 0 saturated carbocycles. The van der Waals surface area contributed by atoms with Gasteiger partial charge in [-0.2, -0.15) is 0 Å². The van der Waals surface area contributed by atoms with Crippen molar-refractivity contribution in [2.45, 2.75) is 41.0 Å². The Morgan fingerprint density at radius 3 is 2.60 bits per heavy atom. The van der Waals surface area contributed by atoms with Gasteiger partial charge in [-0.05, 0) is 43.1 Å². The van der Waals surface area contributed by atoms with Gasteiger partial charge < -0.3 is 0 Å². The Bertz CT molecular complexity index is 307. The summed E-state index contributed by atoms with van der Waals surface area (Å²) in [7, 11) is 0. The van der Waals surface area contributed by atoms with Crippen LogP contribution < -0.4 is 0 Å². The van der Waals surface area contributed by atoms with Crippen molar-refractivity contribution in [1.82, 2.24) is 0 Å². The lowest BCUT2D eigenvalue weighted by Gasteiger charge is -2.30. The zero-order valence-corrected chi connectivity index (χ0v) is 10.5. The molecule has 0 aromatic heterocycles. The second kappa shape index (κ2) is 4.34. The number of hydrogen-bond acceptors (Lipinski definition) is 1. The maximum absolute atomic E-state index is 10.6. The van der Waals surface area contributed by atoms with Crippen molar-refractivity contribution >= 4 is 6.29 Å². The van der Waals surface area contributed by atoms with Gasteiger partial charge in [0.05, 0.1) is 0 Å². The predicted molar refractivity (Wildman–Crippen MR) is 64.6 cm³/mol. The van der Waals surface area contributed by atoms with Gasteiger partial charge in [0.15, 0.2) is 0 Å². The minimum Gasteiger partial charge on any atom is -0.298 e. The monoisotopic (exact) mass is 206 g/mol. The van der Waals surface area contributed by atoms with Gasteiger partial charge in [0, 0.05) is 0 Å². The number of carbonyl (C=O) groups is 1. The van der Waals surface area contributed by atoms with Gasteiger partial charge in [-0.15, -0.1) is 0 Å². The normalized spacial score (nSPS) is 27.4. The standard InChI is InChI=1S/C14H22O/c1-10-7-13(14(4,5)8-10)12(3)6-11(2)9-15/h6,8-9,12-13H,7H2,1-5H3/b11-6+. The Hall–Kier alpha value is -0.850. The SMILES string of the molecule is CC1=CC(C)(C)C(C(C)/C=C(\C)C=O)C1. The third kappa shape index (κ3) is 2.80. The van der Waals surface area contributed by atoms with Crippen LogP contribution in [0.15, 0.2) is 23.3 Å². The largest absolute Gasteiger partial charge is 0.298 e. The van der Waals surface area contributed by atoms with Crippen molar-refractivity contribution in [3.8, 4) is 0 Å². The van der Waals surface area contributed by atoms with E-state index in [9.17, 15) is 4.79 Å². The Labute approximate surface area is 93.3 Å². The van der Waals surface area contributed by atoms with Crippen molar-refractivity contribution in [3.05, 3.63) is 23.3 Å². The summed E-state index contributed by atoms with van der Waals surface area (Å²) in [5, 5.41) is 0. The third-order valence-electron chi connectivity index (χ3n) is 3.46. The van der Waals surface area contributed by atoms with Gasteiger partial charge >= 0.3 is 0 Å². The van der Waals surface area contributed by atoms with Gasteiger partial charge in [0.1, 0.15) is 6.29 Å². The van der Waals surface area contributed by atoms with Crippen LogP contribution in [-0.2, 0) is 4.79 Å². The molecular weight excluding hydrogens is 184 g/mol. The van der Waals surface area contributed by atoms with Gasteiger partial charge in [-0.1, -0.05) is 38.5 Å². The fourth-order valence-electron chi connectivity index (χ4n) is 2.84. The molecule has 1 heteroatoms. The van der Waals surface area contributed by atoms with E-state index in [4.69, 9.17) is 0 Å². The fourth-order valence-corrected chi connectivity index (χ4v) is 2.84. The molecule has 0 N–H and O–H groups in total. The van der Waals surface area contributed by atoms with Crippen molar-refractivity contribution in [3.63, 3.8) is 0 Å². The lowest BCUT2D eigenvalue weighted by Crippen LogP contribution is -2.23. The summed E-state index contributed by atoms with van der Waals surface area (Å²) < 4.78 is 0. The van der Waals surface area contributed by atoms with Gasteiger partial charge in [0.2, 0.25) is 0 Å². The van der Waals surface area contributed by atoms with Gasteiger partial charge in [-0.3, -0.25) is 4.79 Å². The predicted octanol–water partition coefficient (Wildman–Crippen LogP) is 3.76. The molecule has 0 fully saturated rings. The molecule has 15 heavy (non-hydrogen) atoms. The molecular formula is C14H22O. The van der Waals surface area contributed by atoms with Crippen LogP contribution in [0.5, 0.6) is 0 Å². The first-order chi connectivity index (χ1) is 6.86. The molecule has 0 radical (unpaired) electrons. The first kappa shape index (κ1) is 12.2. The highest BCUT2D eigenvalue weighted by atomic mass is 16.1. The van der Waals surface area contributed by atoms with Crippen LogP contribution in [0.25, 0.3) is 0 Å². The Balaban J connectivity index is 2.79. The van der Waals surface area contributed by atoms with Gasteiger partial charge in [-0.25, -0.2) is 0 Å². The second-order valence-corrected chi connectivity index (χ2v) is 5.51. The molecule has 0 heterocycles. The zero-order chi connectivity index (χ0) is 11.6. The average Bonchev–Trinajstić information content (AvgIpc) is 2.39. The number of allylic oxidation sites excluding steroid dienone is 4. The van der Waals surface area contributed by atoms with Crippen LogP contribution in [0.3, 0.4) is 0 Å². The molecule has 1 nitrogen and oxygen atoms in total. The Morgan fingerprint density at radius 1 is 1.60 bits per heavy atom. The summed E-state index contributed by atoms with van der Waals surface area (Å²) in [6.45, 7) is 10.9. The molecule has 1 rings (SSSR count). The topological polar surface area (TPSA) is 17.1 Å². The summed E-state index contributed by atoms with van der Waals surface area (Å²) in [4.78, 5) is 10.6. The van der Waals surface area contributed by atoms with Crippen LogP contribution in [0.2, 0.25) is 0 Å². The molecule has 0 aromatic rings. The highest BCUT2D eigenvalue weighted by molar-refractivity contribution is 5.72. The highest BCUT2D eigenvalue weighted by Gasteiger charge is 2.35.